The summed E-state index contributed by atoms with van der Waals surface area (Å²) in [6, 6.07) is 3.87. The summed E-state index contributed by atoms with van der Waals surface area (Å²) in [7, 11) is -1.95. The molecule has 1 atom stereocenters. The van der Waals surface area contributed by atoms with Gasteiger partial charge in [0.05, 0.1) is 0 Å². The van der Waals surface area contributed by atoms with E-state index in [9.17, 15) is 4.57 Å². The summed E-state index contributed by atoms with van der Waals surface area (Å²) in [6.07, 6.45) is 3.44. The lowest BCUT2D eigenvalue weighted by Gasteiger charge is -2.32. The molecule has 0 aliphatic carbocycles. The zero-order chi connectivity index (χ0) is 14.6. The van der Waals surface area contributed by atoms with Crippen molar-refractivity contribution in [3.63, 3.8) is 0 Å². The fourth-order valence-corrected chi connectivity index (χ4v) is 3.81. The van der Waals surface area contributed by atoms with E-state index in [1.54, 1.807) is 17.1 Å². The van der Waals surface area contributed by atoms with Crippen LogP contribution in [0.25, 0.3) is 0 Å². The van der Waals surface area contributed by atoms with Gasteiger partial charge < -0.3 is 12.4 Å². The van der Waals surface area contributed by atoms with Crippen molar-refractivity contribution < 1.29 is 30.9 Å². The summed E-state index contributed by atoms with van der Waals surface area (Å²) >= 11 is 0. The lowest BCUT2D eigenvalue weighted by molar-refractivity contribution is -0.860. The van der Waals surface area contributed by atoms with Crippen LogP contribution in [0, 0.1) is 6.92 Å². The van der Waals surface area contributed by atoms with Crippen molar-refractivity contribution in [1.29, 1.82) is 0 Å². The average Bonchev–Trinajstić information content (AvgIpc) is 2.31. The largest absolute Gasteiger partial charge is 1.00 e. The van der Waals surface area contributed by atoms with Crippen molar-refractivity contribution in [3.05, 3.63) is 30.1 Å². The molecule has 1 aromatic heterocycles. The third-order valence-electron chi connectivity index (χ3n) is 2.74. The van der Waals surface area contributed by atoms with Crippen LogP contribution < -0.4 is 21.8 Å². The van der Waals surface area contributed by atoms with Gasteiger partial charge in [-0.3, -0.25) is 4.52 Å². The van der Waals surface area contributed by atoms with Gasteiger partial charge in [0, 0.05) is 36.1 Å². The second-order valence-corrected chi connectivity index (χ2v) is 6.96. The fraction of sp³-hybridized carbons (Fsp3) is 0.615. The van der Waals surface area contributed by atoms with Crippen LogP contribution in [0.2, 0.25) is 0 Å². The first kappa shape index (κ1) is 19.4. The number of hydrogen-bond donors (Lipinski definition) is 0. The molecular weight excluding hydrogens is 299 g/mol. The van der Waals surface area contributed by atoms with Gasteiger partial charge in [-0.05, 0) is 40.2 Å². The van der Waals surface area contributed by atoms with Crippen molar-refractivity contribution in [2.24, 2.45) is 0 Å². The topological polar surface area (TPSA) is 42.7 Å². The molecule has 20 heavy (non-hydrogen) atoms. The smallest absolute Gasteiger partial charge is 0.521 e. The molecule has 0 N–H and O–H groups in total. The molecule has 0 saturated carbocycles. The van der Waals surface area contributed by atoms with Crippen molar-refractivity contribution in [3.8, 4) is 0 Å². The Kier molecular flexibility index (Phi) is 7.74. The van der Waals surface area contributed by atoms with E-state index in [4.69, 9.17) is 9.15 Å². The zero-order valence-electron chi connectivity index (χ0n) is 12.9. The third kappa shape index (κ3) is 4.74. The number of nitrogens with zero attached hydrogens (tertiary/aromatic N) is 2. The molecule has 0 amide bonds. The van der Waals surface area contributed by atoms with Gasteiger partial charge in [-0.1, -0.05) is 0 Å². The van der Waals surface area contributed by atoms with Crippen LogP contribution in [0.4, 0.5) is 0 Å². The summed E-state index contributed by atoms with van der Waals surface area (Å²) in [5.74, 6) is 0. The van der Waals surface area contributed by atoms with Gasteiger partial charge in [-0.15, -0.1) is 0 Å². The Hall–Kier alpha value is -0.610. The number of halogens is 1. The number of rotatable bonds is 6. The first-order valence-electron chi connectivity index (χ1n) is 6.42. The minimum absolute atomic E-state index is 0. The number of hydrogen-bond acceptors (Lipinski definition) is 3. The fourth-order valence-electron chi connectivity index (χ4n) is 1.99. The lowest BCUT2D eigenvalue weighted by Crippen LogP contribution is -3.00. The molecule has 1 unspecified atom stereocenters. The van der Waals surface area contributed by atoms with E-state index >= 15 is 0 Å². The van der Waals surface area contributed by atoms with E-state index in [1.807, 2.05) is 46.8 Å². The molecule has 0 aromatic carbocycles. The zero-order valence-corrected chi connectivity index (χ0v) is 14.6. The number of aryl methyl sites for hydroxylation is 1. The van der Waals surface area contributed by atoms with Crippen molar-refractivity contribution in [1.82, 2.24) is 4.67 Å². The van der Waals surface area contributed by atoms with Crippen LogP contribution in [0.3, 0.4) is 0 Å². The highest BCUT2D eigenvalue weighted by atomic mass is 35.5. The molecule has 0 radical (unpaired) electrons. The van der Waals surface area contributed by atoms with E-state index in [1.165, 1.54) is 11.8 Å². The van der Waals surface area contributed by atoms with E-state index in [0.29, 0.717) is 0 Å². The molecule has 5 nitrogen and oxygen atoms in total. The molecular formula is C13H24ClN2O3P. The van der Waals surface area contributed by atoms with E-state index in [-0.39, 0.29) is 24.5 Å². The van der Waals surface area contributed by atoms with Crippen LogP contribution in [-0.4, -0.2) is 23.9 Å². The minimum Gasteiger partial charge on any atom is -1.00 e. The Balaban J connectivity index is 0.00000361. The van der Waals surface area contributed by atoms with Crippen LogP contribution in [-0.2, 0) is 9.09 Å². The monoisotopic (exact) mass is 322 g/mol. The van der Waals surface area contributed by atoms with Gasteiger partial charge in [0.1, 0.15) is 0 Å². The molecule has 0 spiro atoms. The standard InChI is InChI=1S/C13H24N2O3P.ClH/c1-11(2)15(12(3)4)19(16,17-6)18-14-9-7-13(5)8-10-14;/h7-12H,1-6H3;1H/q+1;/p-1. The molecule has 0 aliphatic heterocycles. The molecule has 1 aromatic rings. The van der Waals surface area contributed by atoms with Gasteiger partial charge in [-0.25, -0.2) is 4.57 Å². The second kappa shape index (κ2) is 7.99. The van der Waals surface area contributed by atoms with Crippen LogP contribution in [0.1, 0.15) is 33.3 Å². The molecule has 7 heteroatoms. The molecule has 116 valence electrons. The average molecular weight is 323 g/mol. The number of aromatic nitrogens is 1. The Bertz CT molecular complexity index is 443. The highest BCUT2D eigenvalue weighted by Crippen LogP contribution is 2.49. The SMILES string of the molecule is COP(=O)(O[n+]1ccc(C)cc1)N(C(C)C)C(C)C.[Cl-]. The predicted molar refractivity (Wildman–Crippen MR) is 74.7 cm³/mol. The molecule has 1 heterocycles. The lowest BCUT2D eigenvalue weighted by atomic mass is 10.3. The summed E-state index contributed by atoms with van der Waals surface area (Å²) in [4.78, 5) is 0. The maximum atomic E-state index is 12.9. The Morgan fingerprint density at radius 3 is 1.95 bits per heavy atom. The van der Waals surface area contributed by atoms with E-state index in [0.717, 1.165) is 5.56 Å². The first-order valence-corrected chi connectivity index (χ1v) is 7.92. The molecule has 1 rings (SSSR count). The first-order chi connectivity index (χ1) is 8.80. The summed E-state index contributed by atoms with van der Waals surface area (Å²) in [5, 5.41) is 0. The molecule has 0 bridgehead atoms. The van der Waals surface area contributed by atoms with Crippen LogP contribution in [0.5, 0.6) is 0 Å². The van der Waals surface area contributed by atoms with Crippen LogP contribution in [0.15, 0.2) is 24.5 Å². The summed E-state index contributed by atoms with van der Waals surface area (Å²) < 4.78 is 26.8. The maximum Gasteiger partial charge on any atom is 0.521 e. The number of pyridine rings is 1. The van der Waals surface area contributed by atoms with Gasteiger partial charge in [0.25, 0.3) is 0 Å². The second-order valence-electron chi connectivity index (χ2n) is 5.04. The molecule has 0 aliphatic rings. The Morgan fingerprint density at radius 1 is 1.15 bits per heavy atom. The van der Waals surface area contributed by atoms with Crippen molar-refractivity contribution in [2.75, 3.05) is 7.11 Å². The van der Waals surface area contributed by atoms with E-state index in [2.05, 4.69) is 0 Å². The molecule has 0 saturated heterocycles. The van der Waals surface area contributed by atoms with Crippen LogP contribution >= 0.6 is 7.75 Å². The van der Waals surface area contributed by atoms with E-state index < -0.39 is 7.75 Å². The third-order valence-corrected chi connectivity index (χ3v) is 5.08. The maximum absolute atomic E-state index is 12.9. The predicted octanol–water partition coefficient (Wildman–Crippen LogP) is -0.412. The van der Waals surface area contributed by atoms with Crippen molar-refractivity contribution in [2.45, 2.75) is 46.7 Å². The van der Waals surface area contributed by atoms with Gasteiger partial charge >= 0.3 is 7.75 Å². The summed E-state index contributed by atoms with van der Waals surface area (Å²) in [5.41, 5.74) is 1.11. The quantitative estimate of drug-likeness (QED) is 0.527. The Labute approximate surface area is 127 Å². The normalized spacial score (nSPS) is 14.2. The molecule has 0 fully saturated rings. The van der Waals surface area contributed by atoms with Gasteiger partial charge in [0.15, 0.2) is 0 Å². The highest BCUT2D eigenvalue weighted by Gasteiger charge is 2.42. The summed E-state index contributed by atoms with van der Waals surface area (Å²) in [6.45, 7) is 9.85. The van der Waals surface area contributed by atoms with Gasteiger partial charge in [-0.2, -0.15) is 9.29 Å². The van der Waals surface area contributed by atoms with Gasteiger partial charge in [0.2, 0.25) is 12.4 Å². The highest BCUT2D eigenvalue weighted by molar-refractivity contribution is 7.51. The minimum atomic E-state index is -3.36. The van der Waals surface area contributed by atoms with Crippen molar-refractivity contribution >= 4 is 7.75 Å². The Morgan fingerprint density at radius 2 is 1.60 bits per heavy atom.